The van der Waals surface area contributed by atoms with Crippen molar-refractivity contribution in [1.82, 2.24) is 0 Å². The number of anilines is 1. The number of carbonyl (C=O) groups excluding carboxylic acids is 1. The first kappa shape index (κ1) is 16.2. The van der Waals surface area contributed by atoms with Crippen molar-refractivity contribution < 1.29 is 19.6 Å². The van der Waals surface area contributed by atoms with Crippen LogP contribution in [-0.2, 0) is 0 Å². The van der Waals surface area contributed by atoms with Gasteiger partial charge in [0.15, 0.2) is 0 Å². The Kier molecular flexibility index (Phi) is 4.70. The number of benzene rings is 2. The second-order valence-corrected chi connectivity index (χ2v) is 4.89. The number of amides is 1. The van der Waals surface area contributed by atoms with Crippen LogP contribution in [0.15, 0.2) is 48.5 Å². The molecule has 2 N–H and O–H groups in total. The van der Waals surface area contributed by atoms with Gasteiger partial charge in [-0.3, -0.25) is 14.9 Å². The summed E-state index contributed by atoms with van der Waals surface area (Å²) in [7, 11) is 0. The van der Waals surface area contributed by atoms with Crippen LogP contribution in [-0.4, -0.2) is 21.9 Å². The fourth-order valence-corrected chi connectivity index (χ4v) is 2.06. The number of carboxylic acids is 1. The lowest BCUT2D eigenvalue weighted by molar-refractivity contribution is -0.524. The van der Waals surface area contributed by atoms with Crippen LogP contribution in [0.5, 0.6) is 0 Å². The molecule has 0 saturated carbocycles. The Labute approximate surface area is 131 Å². The van der Waals surface area contributed by atoms with E-state index in [2.05, 4.69) is 5.32 Å². The fraction of sp³-hybridized carbons (Fsp3) is 0.125. The molecule has 1 unspecified atom stereocenters. The molecule has 0 fully saturated rings. The predicted molar refractivity (Wildman–Crippen MR) is 83.2 cm³/mol. The van der Waals surface area contributed by atoms with E-state index in [0.29, 0.717) is 5.56 Å². The molecule has 1 amide bonds. The Morgan fingerprint density at radius 3 is 2.35 bits per heavy atom. The van der Waals surface area contributed by atoms with Crippen molar-refractivity contribution in [3.63, 3.8) is 0 Å². The highest BCUT2D eigenvalue weighted by atomic mass is 16.6. The van der Waals surface area contributed by atoms with Crippen LogP contribution < -0.4 is 5.32 Å². The molecule has 0 radical (unpaired) electrons. The van der Waals surface area contributed by atoms with Gasteiger partial charge in [0, 0.05) is 23.0 Å². The molecule has 2 aromatic rings. The maximum atomic E-state index is 12.2. The SMILES string of the molecule is CC(c1ccc(C(=O)O)cc1NC(=O)c1ccccc1)[N+](=O)[O-]. The van der Waals surface area contributed by atoms with Crippen molar-refractivity contribution in [2.24, 2.45) is 0 Å². The molecule has 7 heteroatoms. The van der Waals surface area contributed by atoms with E-state index in [4.69, 9.17) is 5.11 Å². The van der Waals surface area contributed by atoms with E-state index in [-0.39, 0.29) is 16.8 Å². The number of aromatic carboxylic acids is 1. The number of carboxylic acid groups (broad SMARTS) is 1. The van der Waals surface area contributed by atoms with Crippen LogP contribution in [0, 0.1) is 10.1 Å². The van der Waals surface area contributed by atoms with Crippen LogP contribution in [0.1, 0.15) is 39.2 Å². The normalized spacial score (nSPS) is 11.5. The Balaban J connectivity index is 2.41. The van der Waals surface area contributed by atoms with Gasteiger partial charge in [0.1, 0.15) is 0 Å². The van der Waals surface area contributed by atoms with Gasteiger partial charge < -0.3 is 10.4 Å². The highest BCUT2D eigenvalue weighted by Gasteiger charge is 2.22. The number of nitrogens with one attached hydrogen (secondary N) is 1. The third kappa shape index (κ3) is 3.70. The molecule has 0 aliphatic rings. The molecule has 0 aliphatic carbocycles. The quantitative estimate of drug-likeness (QED) is 0.651. The highest BCUT2D eigenvalue weighted by molar-refractivity contribution is 6.05. The third-order valence-corrected chi connectivity index (χ3v) is 3.35. The van der Waals surface area contributed by atoms with Gasteiger partial charge in [-0.25, -0.2) is 4.79 Å². The van der Waals surface area contributed by atoms with Gasteiger partial charge in [-0.2, -0.15) is 0 Å². The summed E-state index contributed by atoms with van der Waals surface area (Å²) in [6.45, 7) is 1.37. The maximum absolute atomic E-state index is 12.2. The molecule has 1 atom stereocenters. The van der Waals surface area contributed by atoms with Crippen molar-refractivity contribution in [2.45, 2.75) is 13.0 Å². The summed E-state index contributed by atoms with van der Waals surface area (Å²) in [6.07, 6.45) is 0. The Bertz CT molecular complexity index is 758. The molecule has 2 aromatic carbocycles. The van der Waals surface area contributed by atoms with Gasteiger partial charge in [0.25, 0.3) is 5.91 Å². The second-order valence-electron chi connectivity index (χ2n) is 4.89. The minimum atomic E-state index is -1.18. The summed E-state index contributed by atoms with van der Waals surface area (Å²) < 4.78 is 0. The van der Waals surface area contributed by atoms with Crippen LogP contribution in [0.25, 0.3) is 0 Å². The number of hydrogen-bond acceptors (Lipinski definition) is 4. The number of nitro groups is 1. The molecular weight excluding hydrogens is 300 g/mol. The molecule has 23 heavy (non-hydrogen) atoms. The van der Waals surface area contributed by atoms with Gasteiger partial charge in [0.2, 0.25) is 6.04 Å². The van der Waals surface area contributed by atoms with Crippen LogP contribution >= 0.6 is 0 Å². The summed E-state index contributed by atoms with van der Waals surface area (Å²) in [5, 5.41) is 22.6. The van der Waals surface area contributed by atoms with Crippen LogP contribution in [0.3, 0.4) is 0 Å². The Morgan fingerprint density at radius 1 is 1.13 bits per heavy atom. The lowest BCUT2D eigenvalue weighted by Crippen LogP contribution is -2.16. The molecule has 0 aliphatic heterocycles. The zero-order chi connectivity index (χ0) is 17.0. The fourth-order valence-electron chi connectivity index (χ4n) is 2.06. The molecule has 2 rings (SSSR count). The van der Waals surface area contributed by atoms with E-state index >= 15 is 0 Å². The lowest BCUT2D eigenvalue weighted by atomic mass is 10.0. The average molecular weight is 314 g/mol. The van der Waals surface area contributed by atoms with Crippen LogP contribution in [0.2, 0.25) is 0 Å². The molecule has 0 bridgehead atoms. The smallest absolute Gasteiger partial charge is 0.335 e. The van der Waals surface area contributed by atoms with Gasteiger partial charge in [-0.05, 0) is 30.3 Å². The summed E-state index contributed by atoms with van der Waals surface area (Å²) in [4.78, 5) is 33.8. The molecular formula is C16H14N2O5. The van der Waals surface area contributed by atoms with Crippen molar-refractivity contribution in [3.8, 4) is 0 Å². The minimum Gasteiger partial charge on any atom is -0.478 e. The molecule has 7 nitrogen and oxygen atoms in total. The van der Waals surface area contributed by atoms with E-state index in [1.807, 2.05) is 0 Å². The molecule has 118 valence electrons. The third-order valence-electron chi connectivity index (χ3n) is 3.35. The number of nitrogens with zero attached hydrogens (tertiary/aromatic N) is 1. The first-order valence-corrected chi connectivity index (χ1v) is 6.77. The van der Waals surface area contributed by atoms with E-state index in [0.717, 1.165) is 0 Å². The molecule has 0 spiro atoms. The Hall–Kier alpha value is -3.22. The first-order chi connectivity index (χ1) is 10.9. The molecule has 0 saturated heterocycles. The van der Waals surface area contributed by atoms with Crippen molar-refractivity contribution in [2.75, 3.05) is 5.32 Å². The van der Waals surface area contributed by atoms with Crippen molar-refractivity contribution in [3.05, 3.63) is 75.3 Å². The van der Waals surface area contributed by atoms with Gasteiger partial charge in [-0.15, -0.1) is 0 Å². The standard InChI is InChI=1S/C16H14N2O5/c1-10(18(22)23)13-8-7-12(16(20)21)9-14(13)17-15(19)11-5-3-2-4-6-11/h2-10H,1H3,(H,17,19)(H,20,21). The van der Waals surface area contributed by atoms with Crippen LogP contribution in [0.4, 0.5) is 5.69 Å². The zero-order valence-electron chi connectivity index (χ0n) is 12.2. The number of hydrogen-bond donors (Lipinski definition) is 2. The zero-order valence-corrected chi connectivity index (χ0v) is 12.2. The molecule has 0 heterocycles. The second kappa shape index (κ2) is 6.69. The predicted octanol–water partition coefficient (Wildman–Crippen LogP) is 2.97. The number of carbonyl (C=O) groups is 2. The van der Waals surface area contributed by atoms with Crippen molar-refractivity contribution >= 4 is 17.6 Å². The first-order valence-electron chi connectivity index (χ1n) is 6.77. The Morgan fingerprint density at radius 2 is 1.78 bits per heavy atom. The molecule has 0 aromatic heterocycles. The summed E-state index contributed by atoms with van der Waals surface area (Å²) in [5.74, 6) is -1.65. The maximum Gasteiger partial charge on any atom is 0.335 e. The summed E-state index contributed by atoms with van der Waals surface area (Å²) in [5.41, 5.74) is 0.660. The van der Waals surface area contributed by atoms with Gasteiger partial charge >= 0.3 is 5.97 Å². The van der Waals surface area contributed by atoms with Crippen molar-refractivity contribution in [1.29, 1.82) is 0 Å². The van der Waals surface area contributed by atoms with E-state index < -0.39 is 22.8 Å². The van der Waals surface area contributed by atoms with E-state index in [9.17, 15) is 19.7 Å². The van der Waals surface area contributed by atoms with E-state index in [1.54, 1.807) is 30.3 Å². The topological polar surface area (TPSA) is 110 Å². The summed E-state index contributed by atoms with van der Waals surface area (Å²) >= 11 is 0. The lowest BCUT2D eigenvalue weighted by Gasteiger charge is -2.13. The highest BCUT2D eigenvalue weighted by Crippen LogP contribution is 2.27. The monoisotopic (exact) mass is 314 g/mol. The van der Waals surface area contributed by atoms with Gasteiger partial charge in [0.05, 0.1) is 11.3 Å². The van der Waals surface area contributed by atoms with Gasteiger partial charge in [-0.1, -0.05) is 18.2 Å². The minimum absolute atomic E-state index is 0.0624. The summed E-state index contributed by atoms with van der Waals surface area (Å²) in [6, 6.07) is 11.1. The largest absolute Gasteiger partial charge is 0.478 e. The van der Waals surface area contributed by atoms with E-state index in [1.165, 1.54) is 25.1 Å². The number of rotatable bonds is 5. The average Bonchev–Trinajstić information content (AvgIpc) is 2.54.